The largest absolute Gasteiger partial charge is 0.392 e. The van der Waals surface area contributed by atoms with Gasteiger partial charge in [0.1, 0.15) is 11.8 Å². The Balaban J connectivity index is 2.98. The fraction of sp³-hybridized carbons (Fsp3) is 0.571. The van der Waals surface area contributed by atoms with Crippen LogP contribution in [0.25, 0.3) is 0 Å². The molecule has 1 fully saturated rings. The Bertz CT molecular complexity index is 445. The molecule has 1 atom stereocenters. The summed E-state index contributed by atoms with van der Waals surface area (Å²) < 4.78 is 24.2. The van der Waals surface area contributed by atoms with Crippen LogP contribution in [-0.4, -0.2) is 47.9 Å². The molecule has 0 aromatic rings. The van der Waals surface area contributed by atoms with E-state index in [-0.39, 0.29) is 4.99 Å². The van der Waals surface area contributed by atoms with Crippen LogP contribution in [0.15, 0.2) is 0 Å². The minimum atomic E-state index is -3.81. The van der Waals surface area contributed by atoms with Gasteiger partial charge in [-0.2, -0.15) is 4.31 Å². The van der Waals surface area contributed by atoms with Crippen molar-refractivity contribution in [2.75, 3.05) is 12.3 Å². The number of sulfonamides is 1. The molecule has 0 bridgehead atoms. The second kappa shape index (κ2) is 4.44. The van der Waals surface area contributed by atoms with Crippen molar-refractivity contribution in [3.63, 3.8) is 0 Å². The summed E-state index contributed by atoms with van der Waals surface area (Å²) in [6.07, 6.45) is 0. The Morgan fingerprint density at radius 3 is 2.69 bits per heavy atom. The summed E-state index contributed by atoms with van der Waals surface area (Å²) in [5, 5.41) is 2.04. The summed E-state index contributed by atoms with van der Waals surface area (Å²) in [7, 11) is -3.81. The van der Waals surface area contributed by atoms with E-state index in [1.54, 1.807) is 0 Å². The number of carbonyl (C=O) groups is 2. The van der Waals surface area contributed by atoms with E-state index in [0.29, 0.717) is 0 Å². The van der Waals surface area contributed by atoms with Gasteiger partial charge in [-0.1, -0.05) is 12.2 Å². The van der Waals surface area contributed by atoms with Gasteiger partial charge in [-0.05, 0) is 6.92 Å². The molecular weight excluding hydrogens is 254 g/mol. The smallest absolute Gasteiger partial charge is 0.244 e. The molecular formula is C7H11N3O4S2. The zero-order chi connectivity index (χ0) is 12.5. The molecule has 1 rings (SSSR count). The van der Waals surface area contributed by atoms with Crippen molar-refractivity contribution in [2.24, 2.45) is 5.73 Å². The van der Waals surface area contributed by atoms with E-state index in [9.17, 15) is 18.0 Å². The topological polar surface area (TPSA) is 110 Å². The highest BCUT2D eigenvalue weighted by Gasteiger charge is 2.38. The maximum Gasteiger partial charge on any atom is 0.244 e. The quantitative estimate of drug-likeness (QED) is 0.449. The van der Waals surface area contributed by atoms with Gasteiger partial charge in [0.05, 0.1) is 11.5 Å². The first-order valence-electron chi connectivity index (χ1n) is 4.35. The van der Waals surface area contributed by atoms with Gasteiger partial charge in [0, 0.05) is 0 Å². The summed E-state index contributed by atoms with van der Waals surface area (Å²) >= 11 is 4.50. The minimum absolute atomic E-state index is 0.203. The summed E-state index contributed by atoms with van der Waals surface area (Å²) in [5.74, 6) is -1.86. The van der Waals surface area contributed by atoms with Crippen molar-refractivity contribution < 1.29 is 18.0 Å². The predicted octanol–water partition coefficient (Wildman–Crippen LogP) is -2.05. The fourth-order valence-electron chi connectivity index (χ4n) is 1.29. The SMILES string of the molecule is CC1C(=O)NC(=O)CN1S(=O)(=O)CC(N)=S. The van der Waals surface area contributed by atoms with E-state index in [4.69, 9.17) is 5.73 Å². The highest BCUT2D eigenvalue weighted by molar-refractivity contribution is 7.92. The number of hydrogen-bond acceptors (Lipinski definition) is 5. The highest BCUT2D eigenvalue weighted by Crippen LogP contribution is 2.11. The molecule has 0 saturated carbocycles. The maximum atomic E-state index is 11.7. The van der Waals surface area contributed by atoms with E-state index in [2.05, 4.69) is 12.2 Å². The Morgan fingerprint density at radius 1 is 1.62 bits per heavy atom. The summed E-state index contributed by atoms with van der Waals surface area (Å²) in [6.45, 7) is 0.997. The van der Waals surface area contributed by atoms with Crippen LogP contribution in [0.4, 0.5) is 0 Å². The first-order chi connectivity index (χ1) is 7.24. The van der Waals surface area contributed by atoms with Gasteiger partial charge in [-0.3, -0.25) is 14.9 Å². The van der Waals surface area contributed by atoms with Crippen LogP contribution >= 0.6 is 12.2 Å². The van der Waals surface area contributed by atoms with Crippen LogP contribution in [-0.2, 0) is 19.6 Å². The third-order valence-electron chi connectivity index (χ3n) is 2.06. The molecule has 0 radical (unpaired) electrons. The van der Waals surface area contributed by atoms with Crippen LogP contribution in [0.5, 0.6) is 0 Å². The number of nitrogens with two attached hydrogens (primary N) is 1. The van der Waals surface area contributed by atoms with Gasteiger partial charge in [-0.15, -0.1) is 0 Å². The van der Waals surface area contributed by atoms with Gasteiger partial charge in [0.25, 0.3) is 0 Å². The Hall–Kier alpha value is -1.06. The van der Waals surface area contributed by atoms with Crippen molar-refractivity contribution in [2.45, 2.75) is 13.0 Å². The van der Waals surface area contributed by atoms with Gasteiger partial charge in [-0.25, -0.2) is 8.42 Å². The number of amides is 2. The lowest BCUT2D eigenvalue weighted by molar-refractivity contribution is -0.136. The number of hydrogen-bond donors (Lipinski definition) is 2. The molecule has 0 aliphatic carbocycles. The summed E-state index contributed by atoms with van der Waals surface area (Å²) in [6, 6.07) is -0.933. The molecule has 0 spiro atoms. The molecule has 7 nitrogen and oxygen atoms in total. The number of thiocarbonyl (C=S) groups is 1. The van der Waals surface area contributed by atoms with E-state index >= 15 is 0 Å². The van der Waals surface area contributed by atoms with Gasteiger partial charge in [0.2, 0.25) is 21.8 Å². The third-order valence-corrected chi connectivity index (χ3v) is 4.22. The molecule has 1 aliphatic rings. The number of piperazine rings is 1. The van der Waals surface area contributed by atoms with Crippen molar-refractivity contribution in [3.05, 3.63) is 0 Å². The second-order valence-corrected chi connectivity index (χ2v) is 5.80. The number of nitrogens with zero attached hydrogens (tertiary/aromatic N) is 1. The molecule has 3 N–H and O–H groups in total. The molecule has 1 unspecified atom stereocenters. The lowest BCUT2D eigenvalue weighted by Gasteiger charge is -2.30. The molecule has 1 aliphatic heterocycles. The molecule has 1 heterocycles. The van der Waals surface area contributed by atoms with Crippen molar-refractivity contribution in [3.8, 4) is 0 Å². The van der Waals surface area contributed by atoms with E-state index in [0.717, 1.165) is 4.31 Å². The summed E-state index contributed by atoms with van der Waals surface area (Å²) in [4.78, 5) is 22.1. The fourth-order valence-corrected chi connectivity index (χ4v) is 3.16. The molecule has 2 amide bonds. The zero-order valence-electron chi connectivity index (χ0n) is 8.47. The number of rotatable bonds is 3. The number of nitrogens with one attached hydrogen (secondary N) is 1. The Labute approximate surface area is 98.0 Å². The normalized spacial score (nSPS) is 22.9. The van der Waals surface area contributed by atoms with Gasteiger partial charge in [0.15, 0.2) is 0 Å². The maximum absolute atomic E-state index is 11.7. The third kappa shape index (κ3) is 2.74. The Kier molecular flexibility index (Phi) is 3.61. The van der Waals surface area contributed by atoms with Crippen LogP contribution in [0.3, 0.4) is 0 Å². The first kappa shape index (κ1) is 13.0. The number of imide groups is 1. The lowest BCUT2D eigenvalue weighted by Crippen LogP contribution is -2.59. The van der Waals surface area contributed by atoms with E-state index < -0.39 is 40.2 Å². The average molecular weight is 265 g/mol. The number of carbonyl (C=O) groups excluding carboxylic acids is 2. The van der Waals surface area contributed by atoms with E-state index in [1.807, 2.05) is 5.32 Å². The first-order valence-corrected chi connectivity index (χ1v) is 6.37. The van der Waals surface area contributed by atoms with Crippen LogP contribution in [0, 0.1) is 0 Å². The highest BCUT2D eigenvalue weighted by atomic mass is 32.2. The van der Waals surface area contributed by atoms with Crippen LogP contribution < -0.4 is 11.1 Å². The average Bonchev–Trinajstić information content (AvgIpc) is 2.08. The van der Waals surface area contributed by atoms with Gasteiger partial charge < -0.3 is 5.73 Å². The minimum Gasteiger partial charge on any atom is -0.392 e. The van der Waals surface area contributed by atoms with Crippen LogP contribution in [0.1, 0.15) is 6.92 Å². The van der Waals surface area contributed by atoms with E-state index in [1.165, 1.54) is 6.92 Å². The standard InChI is InChI=1S/C7H11N3O4S2/c1-4-7(12)9-6(11)2-10(4)16(13,14)3-5(8)15/h4H,2-3H2,1H3,(H2,8,15)(H,9,11,12). The Morgan fingerprint density at radius 2 is 2.19 bits per heavy atom. The molecule has 0 aromatic carbocycles. The lowest BCUT2D eigenvalue weighted by atomic mass is 10.2. The molecule has 1 saturated heterocycles. The zero-order valence-corrected chi connectivity index (χ0v) is 10.1. The molecule has 9 heteroatoms. The summed E-state index contributed by atoms with van der Waals surface area (Å²) in [5.41, 5.74) is 5.14. The van der Waals surface area contributed by atoms with Crippen molar-refractivity contribution in [1.29, 1.82) is 0 Å². The van der Waals surface area contributed by atoms with Gasteiger partial charge >= 0.3 is 0 Å². The monoisotopic (exact) mass is 265 g/mol. The molecule has 16 heavy (non-hydrogen) atoms. The van der Waals surface area contributed by atoms with Crippen LogP contribution in [0.2, 0.25) is 0 Å². The van der Waals surface area contributed by atoms with Crippen molar-refractivity contribution >= 4 is 39.0 Å². The van der Waals surface area contributed by atoms with Crippen molar-refractivity contribution in [1.82, 2.24) is 9.62 Å². The predicted molar refractivity (Wildman–Crippen MR) is 59.9 cm³/mol. The second-order valence-electron chi connectivity index (χ2n) is 3.36. The molecule has 0 aromatic heterocycles. The molecule has 90 valence electrons.